The van der Waals surface area contributed by atoms with Crippen molar-refractivity contribution in [2.24, 2.45) is 0 Å². The predicted octanol–water partition coefficient (Wildman–Crippen LogP) is 6.03. The van der Waals surface area contributed by atoms with E-state index in [0.29, 0.717) is 34.3 Å². The number of carboxylic acid groups (broad SMARTS) is 1. The summed E-state index contributed by atoms with van der Waals surface area (Å²) in [6.07, 6.45) is 4.53. The number of carbonyl (C=O) groups excluding carboxylic acids is 1. The number of furan rings is 1. The van der Waals surface area contributed by atoms with Crippen LogP contribution in [-0.4, -0.2) is 22.2 Å². The number of aromatic carboxylic acids is 1. The zero-order valence-electron chi connectivity index (χ0n) is 15.8. The molecule has 1 N–H and O–H groups in total. The van der Waals surface area contributed by atoms with Gasteiger partial charge in [0.1, 0.15) is 11.3 Å². The van der Waals surface area contributed by atoms with E-state index in [2.05, 4.69) is 22.9 Å². The monoisotopic (exact) mass is 442 g/mol. The van der Waals surface area contributed by atoms with Crippen LogP contribution in [0.1, 0.15) is 63.8 Å². The number of unbranched alkanes of at least 4 members (excludes halogenated alkanes) is 1. The summed E-state index contributed by atoms with van der Waals surface area (Å²) in [7, 11) is 0. The Labute approximate surface area is 172 Å². The van der Waals surface area contributed by atoms with E-state index >= 15 is 0 Å². The summed E-state index contributed by atoms with van der Waals surface area (Å²) in [6.45, 7) is 2.08. The molecule has 4 nitrogen and oxygen atoms in total. The van der Waals surface area contributed by atoms with Gasteiger partial charge in [-0.05, 0) is 43.0 Å². The van der Waals surface area contributed by atoms with Crippen LogP contribution in [0.25, 0.3) is 11.0 Å². The second-order valence-corrected chi connectivity index (χ2v) is 7.63. The minimum Gasteiger partial charge on any atom is -0.478 e. The number of hydrogen-bond acceptors (Lipinski definition) is 3. The first-order valence-electron chi connectivity index (χ1n) is 9.53. The number of alkyl halides is 1. The van der Waals surface area contributed by atoms with Crippen LogP contribution >= 0.6 is 15.9 Å². The maximum absolute atomic E-state index is 13.3. The lowest BCUT2D eigenvalue weighted by molar-refractivity contribution is 0.0696. The van der Waals surface area contributed by atoms with Gasteiger partial charge in [-0.1, -0.05) is 53.5 Å². The number of benzene rings is 2. The maximum atomic E-state index is 13.3. The minimum absolute atomic E-state index is 0.126. The smallest absolute Gasteiger partial charge is 0.335 e. The minimum atomic E-state index is -1.02. The Bertz CT molecular complexity index is 986. The van der Waals surface area contributed by atoms with Crippen molar-refractivity contribution >= 4 is 38.7 Å². The Hall–Kier alpha value is -2.40. The van der Waals surface area contributed by atoms with Crippen LogP contribution in [0.2, 0.25) is 0 Å². The Kier molecular flexibility index (Phi) is 6.68. The van der Waals surface area contributed by atoms with E-state index in [4.69, 9.17) is 4.42 Å². The van der Waals surface area contributed by atoms with Crippen molar-refractivity contribution in [2.45, 2.75) is 39.0 Å². The number of aryl methyl sites for hydroxylation is 2. The number of carboxylic acids is 1. The van der Waals surface area contributed by atoms with Crippen molar-refractivity contribution < 1.29 is 19.1 Å². The van der Waals surface area contributed by atoms with Gasteiger partial charge < -0.3 is 9.52 Å². The Morgan fingerprint density at radius 1 is 1.00 bits per heavy atom. The fourth-order valence-electron chi connectivity index (χ4n) is 3.28. The second-order valence-electron chi connectivity index (χ2n) is 6.84. The van der Waals surface area contributed by atoms with Crippen LogP contribution in [0.4, 0.5) is 0 Å². The number of halogens is 1. The second kappa shape index (κ2) is 9.20. The van der Waals surface area contributed by atoms with E-state index in [0.717, 1.165) is 31.0 Å². The molecule has 0 saturated carbocycles. The van der Waals surface area contributed by atoms with Crippen molar-refractivity contribution in [3.63, 3.8) is 0 Å². The van der Waals surface area contributed by atoms with Crippen molar-refractivity contribution in [1.29, 1.82) is 0 Å². The van der Waals surface area contributed by atoms with Gasteiger partial charge in [0.2, 0.25) is 0 Å². The number of carbonyl (C=O) groups is 2. The van der Waals surface area contributed by atoms with Gasteiger partial charge >= 0.3 is 5.97 Å². The van der Waals surface area contributed by atoms with E-state index in [1.165, 1.54) is 17.7 Å². The molecule has 0 radical (unpaired) electrons. The summed E-state index contributed by atoms with van der Waals surface area (Å²) < 4.78 is 5.94. The number of ketones is 1. The molecule has 2 aromatic carbocycles. The van der Waals surface area contributed by atoms with E-state index in [9.17, 15) is 14.7 Å². The average molecular weight is 443 g/mol. The van der Waals surface area contributed by atoms with E-state index in [1.54, 1.807) is 6.07 Å². The Balaban J connectivity index is 2.04. The first-order chi connectivity index (χ1) is 13.5. The standard InChI is InChI=1S/C23H23BrO4/c1-2-3-6-20-21(18-14-17(23(26)27)11-12-19(18)28-20)22(25)16-9-7-15(8-10-16)5-4-13-24/h7-12,14H,2-6,13H2,1H3,(H,26,27). The SMILES string of the molecule is CCCCc1oc2ccc(C(=O)O)cc2c1C(=O)c1ccc(CCCBr)cc1. The van der Waals surface area contributed by atoms with Gasteiger partial charge in [0.15, 0.2) is 5.78 Å². The molecule has 0 atom stereocenters. The average Bonchev–Trinajstić information content (AvgIpc) is 3.07. The molecular formula is C23H23BrO4. The quantitative estimate of drug-likeness (QED) is 0.324. The van der Waals surface area contributed by atoms with E-state index in [-0.39, 0.29) is 11.3 Å². The number of rotatable bonds is 9. The summed E-state index contributed by atoms with van der Waals surface area (Å²) in [5, 5.41) is 10.8. The summed E-state index contributed by atoms with van der Waals surface area (Å²) >= 11 is 3.43. The first kappa shape index (κ1) is 20.3. The normalized spacial score (nSPS) is 11.1. The van der Waals surface area contributed by atoms with Crippen molar-refractivity contribution in [3.8, 4) is 0 Å². The molecule has 3 aromatic rings. The van der Waals surface area contributed by atoms with Crippen LogP contribution in [0.5, 0.6) is 0 Å². The molecule has 0 unspecified atom stereocenters. The summed E-state index contributed by atoms with van der Waals surface area (Å²) in [4.78, 5) is 24.7. The van der Waals surface area contributed by atoms with E-state index in [1.807, 2.05) is 24.3 Å². The molecule has 0 aliphatic rings. The fraction of sp³-hybridized carbons (Fsp3) is 0.304. The zero-order valence-corrected chi connectivity index (χ0v) is 17.4. The molecular weight excluding hydrogens is 420 g/mol. The molecule has 146 valence electrons. The Morgan fingerprint density at radius 2 is 1.71 bits per heavy atom. The molecule has 28 heavy (non-hydrogen) atoms. The van der Waals surface area contributed by atoms with Crippen LogP contribution in [0.15, 0.2) is 46.9 Å². The lowest BCUT2D eigenvalue weighted by Gasteiger charge is -2.05. The molecule has 3 rings (SSSR count). The topological polar surface area (TPSA) is 67.5 Å². The molecule has 0 aliphatic carbocycles. The summed E-state index contributed by atoms with van der Waals surface area (Å²) in [5.41, 5.74) is 2.96. The predicted molar refractivity (Wildman–Crippen MR) is 114 cm³/mol. The van der Waals surface area contributed by atoms with Gasteiger partial charge in [0.05, 0.1) is 11.1 Å². The van der Waals surface area contributed by atoms with Crippen molar-refractivity contribution in [2.75, 3.05) is 5.33 Å². The molecule has 0 saturated heterocycles. The van der Waals surface area contributed by atoms with Crippen LogP contribution in [0.3, 0.4) is 0 Å². The fourth-order valence-corrected chi connectivity index (χ4v) is 3.56. The molecule has 0 aliphatic heterocycles. The zero-order chi connectivity index (χ0) is 20.1. The molecule has 0 amide bonds. The highest BCUT2D eigenvalue weighted by molar-refractivity contribution is 9.09. The van der Waals surface area contributed by atoms with Crippen LogP contribution in [-0.2, 0) is 12.8 Å². The third kappa shape index (κ3) is 4.36. The van der Waals surface area contributed by atoms with Crippen molar-refractivity contribution in [3.05, 3.63) is 70.5 Å². The molecule has 1 heterocycles. The molecule has 0 fully saturated rings. The summed E-state index contributed by atoms with van der Waals surface area (Å²) in [6, 6.07) is 12.3. The van der Waals surface area contributed by atoms with E-state index < -0.39 is 5.97 Å². The van der Waals surface area contributed by atoms with Gasteiger partial charge in [-0.3, -0.25) is 4.79 Å². The van der Waals surface area contributed by atoms with Gasteiger partial charge in [-0.15, -0.1) is 0 Å². The molecule has 5 heteroatoms. The van der Waals surface area contributed by atoms with Crippen molar-refractivity contribution in [1.82, 2.24) is 0 Å². The first-order valence-corrected chi connectivity index (χ1v) is 10.7. The largest absolute Gasteiger partial charge is 0.478 e. The third-order valence-corrected chi connectivity index (χ3v) is 5.37. The highest BCUT2D eigenvalue weighted by atomic mass is 79.9. The maximum Gasteiger partial charge on any atom is 0.335 e. The lowest BCUT2D eigenvalue weighted by atomic mass is 9.96. The Morgan fingerprint density at radius 3 is 2.36 bits per heavy atom. The highest BCUT2D eigenvalue weighted by Gasteiger charge is 2.22. The van der Waals surface area contributed by atoms with Gasteiger partial charge in [0.25, 0.3) is 0 Å². The van der Waals surface area contributed by atoms with Gasteiger partial charge in [0, 0.05) is 22.7 Å². The molecule has 0 bridgehead atoms. The third-order valence-electron chi connectivity index (χ3n) is 4.81. The number of fused-ring (bicyclic) bond motifs is 1. The van der Waals surface area contributed by atoms with Gasteiger partial charge in [-0.25, -0.2) is 4.79 Å². The highest BCUT2D eigenvalue weighted by Crippen LogP contribution is 2.30. The van der Waals surface area contributed by atoms with Crippen LogP contribution in [0, 0.1) is 0 Å². The molecule has 1 aromatic heterocycles. The number of hydrogen-bond donors (Lipinski definition) is 1. The summed E-state index contributed by atoms with van der Waals surface area (Å²) in [5.74, 6) is -0.514. The van der Waals surface area contributed by atoms with Gasteiger partial charge in [-0.2, -0.15) is 0 Å². The lowest BCUT2D eigenvalue weighted by Crippen LogP contribution is -2.05. The van der Waals surface area contributed by atoms with Crippen LogP contribution < -0.4 is 0 Å². The molecule has 0 spiro atoms.